The number of benzene rings is 2. The maximum Gasteiger partial charge on any atom is 0.124 e. The zero-order valence-electron chi connectivity index (χ0n) is 12.0. The Bertz CT molecular complexity index is 650. The standard InChI is InChI=1S/C16H18N4O2/c17-13-1-3-15(21)11(7-13)9-19-5-6-20-10-12-8-14(18)2-4-16(12)22/h1-4,7-10,21-22H,5-6,17-18H2. The van der Waals surface area contributed by atoms with Crippen molar-refractivity contribution in [2.24, 2.45) is 9.98 Å². The van der Waals surface area contributed by atoms with Crippen molar-refractivity contribution in [2.45, 2.75) is 0 Å². The predicted molar refractivity (Wildman–Crippen MR) is 90.0 cm³/mol. The van der Waals surface area contributed by atoms with E-state index in [-0.39, 0.29) is 11.5 Å². The van der Waals surface area contributed by atoms with Gasteiger partial charge in [-0.05, 0) is 36.4 Å². The number of aliphatic imine (C=N–C) groups is 2. The number of hydrogen-bond donors (Lipinski definition) is 4. The molecule has 2 aromatic rings. The van der Waals surface area contributed by atoms with E-state index < -0.39 is 0 Å². The van der Waals surface area contributed by atoms with Crippen molar-refractivity contribution in [1.82, 2.24) is 0 Å². The predicted octanol–water partition coefficient (Wildman–Crippen LogP) is 1.80. The maximum absolute atomic E-state index is 9.63. The van der Waals surface area contributed by atoms with E-state index in [1.165, 1.54) is 12.1 Å². The summed E-state index contributed by atoms with van der Waals surface area (Å²) in [5, 5.41) is 19.3. The van der Waals surface area contributed by atoms with Crippen LogP contribution in [0, 0.1) is 0 Å². The summed E-state index contributed by atoms with van der Waals surface area (Å²) in [6.07, 6.45) is 3.11. The van der Waals surface area contributed by atoms with Crippen molar-refractivity contribution < 1.29 is 10.2 Å². The molecule has 0 heterocycles. The smallest absolute Gasteiger partial charge is 0.124 e. The van der Waals surface area contributed by atoms with Crippen molar-refractivity contribution in [3.8, 4) is 11.5 Å². The average molecular weight is 298 g/mol. The molecule has 0 aliphatic carbocycles. The van der Waals surface area contributed by atoms with Crippen LogP contribution in [0.25, 0.3) is 0 Å². The van der Waals surface area contributed by atoms with Crippen LogP contribution in [0.3, 0.4) is 0 Å². The molecule has 0 atom stereocenters. The van der Waals surface area contributed by atoms with Crippen LogP contribution in [0.4, 0.5) is 11.4 Å². The Labute approximate surface area is 128 Å². The van der Waals surface area contributed by atoms with Gasteiger partial charge in [0.2, 0.25) is 0 Å². The number of nitrogens with two attached hydrogens (primary N) is 2. The van der Waals surface area contributed by atoms with E-state index in [9.17, 15) is 10.2 Å². The normalized spacial score (nSPS) is 11.5. The lowest BCUT2D eigenvalue weighted by atomic mass is 10.2. The van der Waals surface area contributed by atoms with Gasteiger partial charge in [-0.1, -0.05) is 0 Å². The van der Waals surface area contributed by atoms with E-state index in [1.807, 2.05) is 0 Å². The van der Waals surface area contributed by atoms with Gasteiger partial charge in [0.05, 0.1) is 13.1 Å². The van der Waals surface area contributed by atoms with Crippen molar-refractivity contribution in [3.05, 3.63) is 47.5 Å². The minimum absolute atomic E-state index is 0.131. The molecule has 22 heavy (non-hydrogen) atoms. The molecule has 6 heteroatoms. The van der Waals surface area contributed by atoms with Gasteiger partial charge >= 0.3 is 0 Å². The van der Waals surface area contributed by atoms with Crippen LogP contribution < -0.4 is 11.5 Å². The van der Waals surface area contributed by atoms with Gasteiger partial charge in [0, 0.05) is 34.9 Å². The molecule has 0 saturated carbocycles. The number of nitrogen functional groups attached to an aromatic ring is 2. The second-order valence-corrected chi connectivity index (χ2v) is 4.71. The van der Waals surface area contributed by atoms with Crippen LogP contribution in [-0.2, 0) is 0 Å². The largest absolute Gasteiger partial charge is 0.507 e. The summed E-state index contributed by atoms with van der Waals surface area (Å²) in [7, 11) is 0. The van der Waals surface area contributed by atoms with E-state index in [0.29, 0.717) is 35.6 Å². The fourth-order valence-electron chi connectivity index (χ4n) is 1.79. The molecule has 2 rings (SSSR count). The Morgan fingerprint density at radius 3 is 1.59 bits per heavy atom. The van der Waals surface area contributed by atoms with Crippen molar-refractivity contribution >= 4 is 23.8 Å². The maximum atomic E-state index is 9.63. The molecule has 0 amide bonds. The van der Waals surface area contributed by atoms with Crippen LogP contribution in [-0.4, -0.2) is 35.7 Å². The van der Waals surface area contributed by atoms with E-state index >= 15 is 0 Å². The van der Waals surface area contributed by atoms with Crippen LogP contribution in [0.5, 0.6) is 11.5 Å². The molecule has 2 aromatic carbocycles. The van der Waals surface area contributed by atoms with Crippen LogP contribution in [0.2, 0.25) is 0 Å². The van der Waals surface area contributed by atoms with Gasteiger partial charge in [-0.3, -0.25) is 9.98 Å². The summed E-state index contributed by atoms with van der Waals surface area (Å²) in [5.41, 5.74) is 13.5. The zero-order chi connectivity index (χ0) is 15.9. The first-order chi connectivity index (χ1) is 10.6. The minimum atomic E-state index is 0.131. The van der Waals surface area contributed by atoms with Crippen molar-refractivity contribution in [3.63, 3.8) is 0 Å². The third-order valence-corrected chi connectivity index (χ3v) is 2.92. The summed E-state index contributed by atoms with van der Waals surface area (Å²) in [4.78, 5) is 8.35. The Morgan fingerprint density at radius 1 is 0.773 bits per heavy atom. The second kappa shape index (κ2) is 7.12. The first kappa shape index (κ1) is 15.4. The number of aromatic hydroxyl groups is 2. The zero-order valence-corrected chi connectivity index (χ0v) is 12.0. The Kier molecular flexibility index (Phi) is 4.98. The van der Waals surface area contributed by atoms with E-state index in [2.05, 4.69) is 9.98 Å². The number of hydrogen-bond acceptors (Lipinski definition) is 6. The Hall–Kier alpha value is -3.02. The highest BCUT2D eigenvalue weighted by atomic mass is 16.3. The van der Waals surface area contributed by atoms with E-state index in [4.69, 9.17) is 11.5 Å². The van der Waals surface area contributed by atoms with Gasteiger partial charge in [-0.2, -0.15) is 0 Å². The van der Waals surface area contributed by atoms with Gasteiger partial charge in [0.15, 0.2) is 0 Å². The molecule has 0 fully saturated rings. The third-order valence-electron chi connectivity index (χ3n) is 2.92. The van der Waals surface area contributed by atoms with Gasteiger partial charge < -0.3 is 21.7 Å². The van der Waals surface area contributed by atoms with E-state index in [0.717, 1.165) is 0 Å². The lowest BCUT2D eigenvalue weighted by molar-refractivity contribution is 0.474. The lowest BCUT2D eigenvalue weighted by Gasteiger charge is -2.00. The fraction of sp³-hybridized carbons (Fsp3) is 0.125. The molecule has 6 N–H and O–H groups in total. The number of phenols is 2. The summed E-state index contributed by atoms with van der Waals surface area (Å²) in [6.45, 7) is 0.904. The second-order valence-electron chi connectivity index (χ2n) is 4.71. The fourth-order valence-corrected chi connectivity index (χ4v) is 1.79. The van der Waals surface area contributed by atoms with Crippen molar-refractivity contribution in [2.75, 3.05) is 24.6 Å². The number of nitrogens with zero attached hydrogens (tertiary/aromatic N) is 2. The first-order valence-electron chi connectivity index (χ1n) is 6.73. The molecule has 0 unspecified atom stereocenters. The summed E-state index contributed by atoms with van der Waals surface area (Å²) < 4.78 is 0. The highest BCUT2D eigenvalue weighted by Gasteiger charge is 1.98. The highest BCUT2D eigenvalue weighted by molar-refractivity contribution is 5.85. The molecule has 114 valence electrons. The average Bonchev–Trinajstić information content (AvgIpc) is 2.49. The Morgan fingerprint density at radius 2 is 1.18 bits per heavy atom. The molecule has 0 spiro atoms. The molecule has 0 aliphatic rings. The van der Waals surface area contributed by atoms with Gasteiger partial charge in [0.25, 0.3) is 0 Å². The molecule has 0 aromatic heterocycles. The molecular formula is C16H18N4O2. The van der Waals surface area contributed by atoms with E-state index in [1.54, 1.807) is 36.7 Å². The molecule has 0 saturated heterocycles. The molecule has 6 nitrogen and oxygen atoms in total. The number of anilines is 2. The molecule has 0 radical (unpaired) electrons. The minimum Gasteiger partial charge on any atom is -0.507 e. The topological polar surface area (TPSA) is 117 Å². The van der Waals surface area contributed by atoms with Crippen LogP contribution in [0.1, 0.15) is 11.1 Å². The monoisotopic (exact) mass is 298 g/mol. The summed E-state index contributed by atoms with van der Waals surface area (Å²) >= 11 is 0. The van der Waals surface area contributed by atoms with Gasteiger partial charge in [-0.25, -0.2) is 0 Å². The van der Waals surface area contributed by atoms with Gasteiger partial charge in [-0.15, -0.1) is 0 Å². The van der Waals surface area contributed by atoms with Crippen LogP contribution >= 0.6 is 0 Å². The summed E-state index contributed by atoms with van der Waals surface area (Å²) in [5.74, 6) is 0.261. The quantitative estimate of drug-likeness (QED) is 0.291. The number of phenolic OH excluding ortho intramolecular Hbond substituents is 2. The van der Waals surface area contributed by atoms with Gasteiger partial charge in [0.1, 0.15) is 11.5 Å². The summed E-state index contributed by atoms with van der Waals surface area (Å²) in [6, 6.07) is 9.58. The molecule has 0 aliphatic heterocycles. The van der Waals surface area contributed by atoms with Crippen LogP contribution in [0.15, 0.2) is 46.4 Å². The first-order valence-corrected chi connectivity index (χ1v) is 6.73. The molecular weight excluding hydrogens is 280 g/mol. The SMILES string of the molecule is Nc1ccc(O)c(C=NCCN=Cc2cc(N)ccc2O)c1. The highest BCUT2D eigenvalue weighted by Crippen LogP contribution is 2.18. The van der Waals surface area contributed by atoms with Crippen molar-refractivity contribution in [1.29, 1.82) is 0 Å². The number of rotatable bonds is 5. The Balaban J connectivity index is 1.89. The molecule has 0 bridgehead atoms. The lowest BCUT2D eigenvalue weighted by Crippen LogP contribution is -1.93. The third kappa shape index (κ3) is 4.24.